The predicted molar refractivity (Wildman–Crippen MR) is 105 cm³/mol. The van der Waals surface area contributed by atoms with Crippen molar-refractivity contribution in [3.63, 3.8) is 0 Å². The van der Waals surface area contributed by atoms with E-state index in [-0.39, 0.29) is 4.75 Å². The van der Waals surface area contributed by atoms with Gasteiger partial charge in [-0.3, -0.25) is 4.99 Å². The number of guanidine groups is 1. The van der Waals surface area contributed by atoms with Crippen LogP contribution in [0.4, 0.5) is 0 Å². The van der Waals surface area contributed by atoms with Crippen LogP contribution in [0.3, 0.4) is 0 Å². The maximum absolute atomic E-state index is 5.51. The molecule has 1 aromatic carbocycles. The highest BCUT2D eigenvalue weighted by atomic mass is 32.2. The highest BCUT2D eigenvalue weighted by molar-refractivity contribution is 8.00. The Morgan fingerprint density at radius 3 is 2.42 bits per heavy atom. The van der Waals surface area contributed by atoms with E-state index >= 15 is 0 Å². The van der Waals surface area contributed by atoms with Crippen molar-refractivity contribution in [1.29, 1.82) is 0 Å². The largest absolute Gasteiger partial charge is 0.381 e. The molecule has 1 aliphatic rings. The standard InChI is InChI=1S/C19H31N3OS/c1-15-11-16(2)13-17(12-15)5-8-21-18(20-3)22-14-19(24-4)6-9-23-10-7-19/h11-13H,5-10,14H2,1-4H3,(H2,20,21,22). The van der Waals surface area contributed by atoms with Gasteiger partial charge in [-0.1, -0.05) is 29.3 Å². The lowest BCUT2D eigenvalue weighted by Crippen LogP contribution is -2.48. The monoisotopic (exact) mass is 349 g/mol. The van der Waals surface area contributed by atoms with Crippen LogP contribution < -0.4 is 10.6 Å². The van der Waals surface area contributed by atoms with Crippen molar-refractivity contribution in [3.8, 4) is 0 Å². The van der Waals surface area contributed by atoms with Gasteiger partial charge >= 0.3 is 0 Å². The number of aryl methyl sites for hydroxylation is 2. The van der Waals surface area contributed by atoms with Gasteiger partial charge in [-0.25, -0.2) is 0 Å². The fourth-order valence-electron chi connectivity index (χ4n) is 3.20. The maximum atomic E-state index is 5.51. The number of nitrogens with one attached hydrogen (secondary N) is 2. The van der Waals surface area contributed by atoms with Gasteiger partial charge in [0.15, 0.2) is 5.96 Å². The van der Waals surface area contributed by atoms with Crippen molar-refractivity contribution in [2.75, 3.05) is 39.6 Å². The van der Waals surface area contributed by atoms with Crippen LogP contribution in [-0.2, 0) is 11.2 Å². The highest BCUT2D eigenvalue weighted by Crippen LogP contribution is 2.32. The minimum absolute atomic E-state index is 0.267. The van der Waals surface area contributed by atoms with Crippen molar-refractivity contribution in [3.05, 3.63) is 34.9 Å². The van der Waals surface area contributed by atoms with E-state index in [1.807, 2.05) is 18.8 Å². The second-order valence-electron chi connectivity index (χ2n) is 6.60. The molecule has 1 heterocycles. The summed E-state index contributed by atoms with van der Waals surface area (Å²) < 4.78 is 5.77. The smallest absolute Gasteiger partial charge is 0.191 e. The molecule has 0 spiro atoms. The molecule has 1 saturated heterocycles. The van der Waals surface area contributed by atoms with Gasteiger partial charge in [0.05, 0.1) is 0 Å². The molecule has 0 unspecified atom stereocenters. The summed E-state index contributed by atoms with van der Waals surface area (Å²) in [6.45, 7) is 7.85. The number of rotatable bonds is 6. The number of hydrogen-bond acceptors (Lipinski definition) is 3. The molecule has 2 rings (SSSR count). The molecule has 5 heteroatoms. The second-order valence-corrected chi connectivity index (χ2v) is 7.87. The van der Waals surface area contributed by atoms with E-state index in [0.29, 0.717) is 0 Å². The van der Waals surface area contributed by atoms with Gasteiger partial charge in [0.2, 0.25) is 0 Å². The van der Waals surface area contributed by atoms with Crippen LogP contribution in [0.2, 0.25) is 0 Å². The normalized spacial score (nSPS) is 17.6. The van der Waals surface area contributed by atoms with Gasteiger partial charge in [-0.2, -0.15) is 11.8 Å². The number of nitrogens with zero attached hydrogens (tertiary/aromatic N) is 1. The number of hydrogen-bond donors (Lipinski definition) is 2. The quantitative estimate of drug-likeness (QED) is 0.612. The molecule has 4 nitrogen and oxygen atoms in total. The van der Waals surface area contributed by atoms with Crippen molar-refractivity contribution >= 4 is 17.7 Å². The molecule has 134 valence electrons. The first kappa shape index (κ1) is 19.1. The highest BCUT2D eigenvalue weighted by Gasteiger charge is 2.31. The van der Waals surface area contributed by atoms with Gasteiger partial charge in [0, 0.05) is 38.1 Å². The van der Waals surface area contributed by atoms with E-state index in [4.69, 9.17) is 4.74 Å². The van der Waals surface area contributed by atoms with E-state index in [9.17, 15) is 0 Å². The average molecular weight is 350 g/mol. The summed E-state index contributed by atoms with van der Waals surface area (Å²) in [5.41, 5.74) is 4.03. The van der Waals surface area contributed by atoms with Gasteiger partial charge in [0.1, 0.15) is 0 Å². The number of benzene rings is 1. The Hall–Kier alpha value is -1.20. The van der Waals surface area contributed by atoms with Crippen molar-refractivity contribution in [2.45, 2.75) is 37.9 Å². The lowest BCUT2D eigenvalue weighted by Gasteiger charge is -2.36. The molecule has 0 aromatic heterocycles. The summed E-state index contributed by atoms with van der Waals surface area (Å²) in [6, 6.07) is 6.73. The zero-order valence-electron chi connectivity index (χ0n) is 15.4. The molecule has 0 radical (unpaired) electrons. The van der Waals surface area contributed by atoms with Crippen LogP contribution in [0.25, 0.3) is 0 Å². The third-order valence-corrected chi connectivity index (χ3v) is 6.04. The molecule has 1 aliphatic heterocycles. The van der Waals surface area contributed by atoms with Crippen molar-refractivity contribution in [2.24, 2.45) is 4.99 Å². The van der Waals surface area contributed by atoms with Gasteiger partial charge in [-0.05, 0) is 44.9 Å². The number of aliphatic imine (C=N–C) groups is 1. The molecule has 0 amide bonds. The van der Waals surface area contributed by atoms with Crippen LogP contribution in [0, 0.1) is 13.8 Å². The lowest BCUT2D eigenvalue weighted by molar-refractivity contribution is 0.0783. The molecule has 2 N–H and O–H groups in total. The molecular formula is C19H31N3OS. The van der Waals surface area contributed by atoms with Crippen molar-refractivity contribution < 1.29 is 4.74 Å². The summed E-state index contributed by atoms with van der Waals surface area (Å²) >= 11 is 1.94. The Kier molecular flexibility index (Phi) is 7.43. The summed E-state index contributed by atoms with van der Waals surface area (Å²) in [5, 5.41) is 6.94. The van der Waals surface area contributed by atoms with E-state index in [0.717, 1.165) is 51.5 Å². The Morgan fingerprint density at radius 1 is 1.17 bits per heavy atom. The molecule has 24 heavy (non-hydrogen) atoms. The van der Waals surface area contributed by atoms with E-state index in [2.05, 4.69) is 53.9 Å². The Balaban J connectivity index is 1.79. The van der Waals surface area contributed by atoms with Crippen LogP contribution >= 0.6 is 11.8 Å². The fraction of sp³-hybridized carbons (Fsp3) is 0.632. The first-order valence-electron chi connectivity index (χ1n) is 8.71. The summed E-state index contributed by atoms with van der Waals surface area (Å²) in [7, 11) is 1.84. The van der Waals surface area contributed by atoms with Crippen LogP contribution in [0.1, 0.15) is 29.5 Å². The van der Waals surface area contributed by atoms with E-state index < -0.39 is 0 Å². The molecule has 0 bridgehead atoms. The Labute approximate surface area is 150 Å². The molecule has 0 aliphatic carbocycles. The number of ether oxygens (including phenoxy) is 1. The van der Waals surface area contributed by atoms with E-state index in [1.165, 1.54) is 16.7 Å². The summed E-state index contributed by atoms with van der Waals surface area (Å²) in [5.74, 6) is 0.888. The van der Waals surface area contributed by atoms with Crippen LogP contribution in [0.5, 0.6) is 0 Å². The molecule has 1 aromatic rings. The van der Waals surface area contributed by atoms with Gasteiger partial charge in [0.25, 0.3) is 0 Å². The zero-order valence-corrected chi connectivity index (χ0v) is 16.3. The minimum atomic E-state index is 0.267. The molecule has 1 fully saturated rings. The minimum Gasteiger partial charge on any atom is -0.381 e. The molecule has 0 saturated carbocycles. The van der Waals surface area contributed by atoms with E-state index in [1.54, 1.807) is 0 Å². The summed E-state index contributed by atoms with van der Waals surface area (Å²) in [4.78, 5) is 4.36. The van der Waals surface area contributed by atoms with Crippen molar-refractivity contribution in [1.82, 2.24) is 10.6 Å². The van der Waals surface area contributed by atoms with Crippen LogP contribution in [0.15, 0.2) is 23.2 Å². The first-order valence-corrected chi connectivity index (χ1v) is 9.94. The van der Waals surface area contributed by atoms with Crippen LogP contribution in [-0.4, -0.2) is 50.3 Å². The maximum Gasteiger partial charge on any atom is 0.191 e. The fourth-order valence-corrected chi connectivity index (χ4v) is 3.99. The third-order valence-electron chi connectivity index (χ3n) is 4.63. The predicted octanol–water partition coefficient (Wildman–Crippen LogP) is 2.92. The zero-order chi connectivity index (χ0) is 17.4. The average Bonchev–Trinajstić information content (AvgIpc) is 2.58. The van der Waals surface area contributed by atoms with Gasteiger partial charge < -0.3 is 15.4 Å². The first-order chi connectivity index (χ1) is 11.6. The third kappa shape index (κ3) is 5.71. The topological polar surface area (TPSA) is 45.7 Å². The molecule has 0 atom stereocenters. The SMILES string of the molecule is CN=C(NCCc1cc(C)cc(C)c1)NCC1(SC)CCOCC1. The Bertz CT molecular complexity index is 533. The van der Waals surface area contributed by atoms with Gasteiger partial charge in [-0.15, -0.1) is 0 Å². The Morgan fingerprint density at radius 2 is 1.83 bits per heavy atom. The summed E-state index contributed by atoms with van der Waals surface area (Å²) in [6.07, 6.45) is 5.40. The number of thioether (sulfide) groups is 1. The lowest BCUT2D eigenvalue weighted by atomic mass is 9.99. The molecular weight excluding hydrogens is 318 g/mol. The second kappa shape index (κ2) is 9.33.